The van der Waals surface area contributed by atoms with Crippen LogP contribution in [0.4, 0.5) is 5.69 Å². The molecule has 0 radical (unpaired) electrons. The first kappa shape index (κ1) is 23.1. The van der Waals surface area contributed by atoms with Gasteiger partial charge in [-0.05, 0) is 42.0 Å². The molecule has 0 bridgehead atoms. The van der Waals surface area contributed by atoms with Crippen molar-refractivity contribution in [2.75, 3.05) is 24.4 Å². The van der Waals surface area contributed by atoms with E-state index in [2.05, 4.69) is 20.2 Å². The number of fused-ring (bicyclic) bond motifs is 1. The molecule has 3 aromatic carbocycles. The lowest BCUT2D eigenvalue weighted by atomic mass is 10.1. The Morgan fingerprint density at radius 2 is 1.88 bits per heavy atom. The van der Waals surface area contributed by atoms with Crippen molar-refractivity contribution in [1.29, 1.82) is 0 Å². The molecule has 4 N–H and O–H groups in total. The number of nitrogens with zero attached hydrogens (tertiary/aromatic N) is 1. The number of anilines is 1. The molecule has 4 rings (SSSR count). The number of aliphatic hydroxyl groups excluding tert-OH is 1. The second kappa shape index (κ2) is 10.2. The molecular formula is C23H23ClN4O4S. The highest BCUT2D eigenvalue weighted by Gasteiger charge is 2.15. The minimum absolute atomic E-state index is 0.174. The van der Waals surface area contributed by atoms with Crippen molar-refractivity contribution < 1.29 is 18.3 Å². The number of aromatic nitrogens is 2. The number of aromatic amines is 1. The quantitative estimate of drug-likeness (QED) is 0.254. The van der Waals surface area contributed by atoms with Crippen LogP contribution < -0.4 is 14.8 Å². The van der Waals surface area contributed by atoms with E-state index >= 15 is 0 Å². The fourth-order valence-electron chi connectivity index (χ4n) is 3.28. The molecule has 8 nitrogen and oxygen atoms in total. The molecule has 0 spiro atoms. The summed E-state index contributed by atoms with van der Waals surface area (Å²) in [5.74, 6) is 0.684. The number of hydrogen-bond acceptors (Lipinski definition) is 6. The number of hydrogen-bond donors (Lipinski definition) is 4. The smallest absolute Gasteiger partial charge is 0.261 e. The molecule has 1 heterocycles. The monoisotopic (exact) mass is 486 g/mol. The van der Waals surface area contributed by atoms with Gasteiger partial charge in [0.05, 0.1) is 16.5 Å². The molecule has 33 heavy (non-hydrogen) atoms. The van der Waals surface area contributed by atoms with Crippen LogP contribution in [0.2, 0.25) is 5.15 Å². The van der Waals surface area contributed by atoms with Crippen molar-refractivity contribution in [3.63, 3.8) is 0 Å². The third-order valence-electron chi connectivity index (χ3n) is 4.95. The first-order chi connectivity index (χ1) is 15.9. The van der Waals surface area contributed by atoms with Crippen LogP contribution in [0.5, 0.6) is 5.75 Å². The maximum absolute atomic E-state index is 12.5. The second-order valence-corrected chi connectivity index (χ2v) is 9.37. The lowest BCUT2D eigenvalue weighted by Crippen LogP contribution is -2.26. The van der Waals surface area contributed by atoms with E-state index in [9.17, 15) is 13.5 Å². The van der Waals surface area contributed by atoms with Crippen molar-refractivity contribution in [2.45, 2.75) is 11.0 Å². The molecule has 0 unspecified atom stereocenters. The average Bonchev–Trinajstić information content (AvgIpc) is 3.19. The van der Waals surface area contributed by atoms with Gasteiger partial charge in [0.25, 0.3) is 10.0 Å². The largest absolute Gasteiger partial charge is 0.492 e. The Balaban J connectivity index is 1.26. The zero-order valence-electron chi connectivity index (χ0n) is 17.5. The fourth-order valence-corrected chi connectivity index (χ4v) is 4.55. The van der Waals surface area contributed by atoms with E-state index < -0.39 is 16.1 Å². The zero-order valence-corrected chi connectivity index (χ0v) is 19.1. The van der Waals surface area contributed by atoms with Crippen LogP contribution in [0.3, 0.4) is 0 Å². The number of rotatable bonds is 10. The predicted octanol–water partition coefficient (Wildman–Crippen LogP) is 3.72. The Morgan fingerprint density at radius 3 is 2.70 bits per heavy atom. The van der Waals surface area contributed by atoms with Crippen molar-refractivity contribution in [2.24, 2.45) is 0 Å². The summed E-state index contributed by atoms with van der Waals surface area (Å²) in [5.41, 5.74) is 1.77. The maximum Gasteiger partial charge on any atom is 0.261 e. The third kappa shape index (κ3) is 5.82. The van der Waals surface area contributed by atoms with Gasteiger partial charge in [-0.25, -0.2) is 8.42 Å². The van der Waals surface area contributed by atoms with Crippen LogP contribution in [0.15, 0.2) is 77.7 Å². The van der Waals surface area contributed by atoms with Gasteiger partial charge in [-0.1, -0.05) is 41.9 Å². The molecule has 0 aliphatic heterocycles. The molecule has 0 aliphatic carbocycles. The van der Waals surface area contributed by atoms with Gasteiger partial charge >= 0.3 is 0 Å². The summed E-state index contributed by atoms with van der Waals surface area (Å²) in [6, 6.07) is 20.3. The van der Waals surface area contributed by atoms with Crippen LogP contribution in [0, 0.1) is 0 Å². The fraction of sp³-hybridized carbons (Fsp3) is 0.174. The van der Waals surface area contributed by atoms with Crippen molar-refractivity contribution >= 4 is 38.2 Å². The Morgan fingerprint density at radius 1 is 1.06 bits per heavy atom. The van der Waals surface area contributed by atoms with E-state index in [1.807, 2.05) is 18.2 Å². The number of nitrogens with one attached hydrogen (secondary N) is 3. The molecule has 10 heteroatoms. The number of benzene rings is 3. The predicted molar refractivity (Wildman–Crippen MR) is 128 cm³/mol. The van der Waals surface area contributed by atoms with Gasteiger partial charge in [0, 0.05) is 30.2 Å². The van der Waals surface area contributed by atoms with Crippen LogP contribution >= 0.6 is 11.6 Å². The molecule has 172 valence electrons. The topological polar surface area (TPSA) is 116 Å². The van der Waals surface area contributed by atoms with Gasteiger partial charge in [-0.15, -0.1) is 0 Å². The molecule has 4 aromatic rings. The minimum Gasteiger partial charge on any atom is -0.492 e. The zero-order chi connectivity index (χ0) is 23.3. The summed E-state index contributed by atoms with van der Waals surface area (Å²) in [5, 5.41) is 21.7. The standard InChI is InChI=1S/C23H23ClN4O4S/c24-23-20-10-9-18(14-21(20)26-27-23)32-12-11-25-15-22(29)16-5-4-6-17(13-16)28-33(30,31)19-7-2-1-3-8-19/h1-10,13-14,22,25,28-29H,11-12,15H2,(H,26,27)/t22-/m0/s1. The van der Waals surface area contributed by atoms with Crippen LogP contribution in [-0.2, 0) is 10.0 Å². The average molecular weight is 487 g/mol. The first-order valence-corrected chi connectivity index (χ1v) is 12.1. The highest BCUT2D eigenvalue weighted by Crippen LogP contribution is 2.24. The summed E-state index contributed by atoms with van der Waals surface area (Å²) in [7, 11) is -3.70. The van der Waals surface area contributed by atoms with E-state index in [0.717, 1.165) is 10.9 Å². The summed E-state index contributed by atoms with van der Waals surface area (Å²) < 4.78 is 33.3. The van der Waals surface area contributed by atoms with Crippen LogP contribution in [0.25, 0.3) is 10.9 Å². The molecule has 1 atom stereocenters. The molecule has 0 saturated carbocycles. The van der Waals surface area contributed by atoms with Gasteiger partial charge in [-0.3, -0.25) is 9.82 Å². The highest BCUT2D eigenvalue weighted by atomic mass is 35.5. The van der Waals surface area contributed by atoms with Crippen molar-refractivity contribution in [1.82, 2.24) is 15.5 Å². The molecular weight excluding hydrogens is 464 g/mol. The summed E-state index contributed by atoms with van der Waals surface area (Å²) in [6.45, 7) is 1.20. The summed E-state index contributed by atoms with van der Waals surface area (Å²) >= 11 is 5.97. The lowest BCUT2D eigenvalue weighted by Gasteiger charge is -2.15. The SMILES string of the molecule is O=S(=O)(Nc1cccc([C@@H](O)CNCCOc2ccc3c(Cl)n[nH]c3c2)c1)c1ccccc1. The normalized spacial score (nSPS) is 12.5. The van der Waals surface area contributed by atoms with E-state index in [4.69, 9.17) is 16.3 Å². The minimum atomic E-state index is -3.70. The van der Waals surface area contributed by atoms with Gasteiger partial charge in [0.2, 0.25) is 0 Å². The van der Waals surface area contributed by atoms with Gasteiger partial charge < -0.3 is 15.2 Å². The van der Waals surface area contributed by atoms with Gasteiger partial charge in [-0.2, -0.15) is 5.10 Å². The Kier molecular flexibility index (Phi) is 7.14. The Bertz CT molecular complexity index is 1330. The first-order valence-electron chi connectivity index (χ1n) is 10.3. The number of halogens is 1. The highest BCUT2D eigenvalue weighted by molar-refractivity contribution is 7.92. The third-order valence-corrected chi connectivity index (χ3v) is 6.64. The molecule has 0 amide bonds. The van der Waals surface area contributed by atoms with Gasteiger partial charge in [0.15, 0.2) is 5.15 Å². The Labute approximate surface area is 196 Å². The molecule has 0 fully saturated rings. The van der Waals surface area contributed by atoms with Crippen LogP contribution in [-0.4, -0.2) is 43.4 Å². The van der Waals surface area contributed by atoms with Gasteiger partial charge in [0.1, 0.15) is 12.4 Å². The number of aliphatic hydroxyl groups is 1. The lowest BCUT2D eigenvalue weighted by molar-refractivity contribution is 0.172. The number of H-pyrrole nitrogens is 1. The van der Waals surface area contributed by atoms with Crippen molar-refractivity contribution in [3.05, 3.63) is 83.5 Å². The molecule has 0 aliphatic rings. The van der Waals surface area contributed by atoms with Crippen LogP contribution in [0.1, 0.15) is 11.7 Å². The van der Waals surface area contributed by atoms with E-state index in [1.54, 1.807) is 42.5 Å². The van der Waals surface area contributed by atoms with E-state index in [-0.39, 0.29) is 11.4 Å². The second-order valence-electron chi connectivity index (χ2n) is 7.33. The molecule has 0 saturated heterocycles. The van der Waals surface area contributed by atoms with E-state index in [1.165, 1.54) is 12.1 Å². The van der Waals surface area contributed by atoms with Crippen molar-refractivity contribution in [3.8, 4) is 5.75 Å². The number of sulfonamides is 1. The maximum atomic E-state index is 12.5. The Hall–Kier alpha value is -3.11. The summed E-state index contributed by atoms with van der Waals surface area (Å²) in [6.07, 6.45) is -0.810. The summed E-state index contributed by atoms with van der Waals surface area (Å²) in [4.78, 5) is 0.174. The molecule has 1 aromatic heterocycles. The van der Waals surface area contributed by atoms with E-state index in [0.29, 0.717) is 35.3 Å². The number of ether oxygens (including phenoxy) is 1.